The van der Waals surface area contributed by atoms with Gasteiger partial charge >= 0.3 is 0 Å². The van der Waals surface area contributed by atoms with E-state index in [2.05, 4.69) is 62.3 Å². The molecule has 0 amide bonds. The largest absolute Gasteiger partial charge is 0.307 e. The van der Waals surface area contributed by atoms with Crippen molar-refractivity contribution in [1.29, 1.82) is 0 Å². The monoisotopic (exact) mass is 558 g/mol. The number of ketones is 2. The molecule has 0 saturated heterocycles. The van der Waals surface area contributed by atoms with E-state index in [9.17, 15) is 9.59 Å². The molecule has 2 unspecified atom stereocenters. The van der Waals surface area contributed by atoms with Crippen LogP contribution in [-0.4, -0.2) is 17.1 Å². The lowest BCUT2D eigenvalue weighted by atomic mass is 9.35. The first-order valence-corrected chi connectivity index (χ1v) is 16.2. The molecule has 5 aliphatic rings. The fourth-order valence-corrected chi connectivity index (χ4v) is 11.2. The predicted molar refractivity (Wildman–Crippen MR) is 161 cm³/mol. The molecule has 3 saturated carbocycles. The van der Waals surface area contributed by atoms with Gasteiger partial charge in [0.25, 0.3) is 0 Å². The van der Waals surface area contributed by atoms with Crippen molar-refractivity contribution >= 4 is 22.9 Å². The Bertz CT molecular complexity index is 1360. The quantitative estimate of drug-likeness (QED) is 0.381. The molecule has 1 heterocycles. The minimum Gasteiger partial charge on any atom is -0.307 e. The van der Waals surface area contributed by atoms with Gasteiger partial charge in [0.2, 0.25) is 5.70 Å². The van der Waals surface area contributed by atoms with Crippen molar-refractivity contribution in [3.8, 4) is 0 Å². The van der Waals surface area contributed by atoms with E-state index in [0.717, 1.165) is 45.1 Å². The normalized spacial score (nSPS) is 43.3. The number of nitrogens with one attached hydrogen (secondary N) is 1. The van der Waals surface area contributed by atoms with Crippen molar-refractivity contribution in [3.05, 3.63) is 57.2 Å². The minimum atomic E-state index is -0.618. The molecule has 1 aromatic heterocycles. The number of hydrogen-bond donors (Lipinski definition) is 1. The predicted octanol–water partition coefficient (Wildman–Crippen LogP) is 8.16. The van der Waals surface area contributed by atoms with E-state index in [1.165, 1.54) is 16.9 Å². The zero-order valence-electron chi connectivity index (χ0n) is 25.4. The van der Waals surface area contributed by atoms with Crippen LogP contribution < -0.4 is 5.32 Å². The molecule has 1 N–H and O–H groups in total. The van der Waals surface area contributed by atoms with Gasteiger partial charge in [-0.3, -0.25) is 4.79 Å². The number of rotatable bonds is 3. The van der Waals surface area contributed by atoms with Crippen molar-refractivity contribution in [2.75, 3.05) is 0 Å². The van der Waals surface area contributed by atoms with Gasteiger partial charge in [-0.15, -0.1) is 11.3 Å². The molecule has 214 valence electrons. The fourth-order valence-electron chi connectivity index (χ4n) is 10.6. The second kappa shape index (κ2) is 8.74. The molecule has 4 nitrogen and oxygen atoms in total. The van der Waals surface area contributed by atoms with Crippen LogP contribution in [-0.2, 0) is 16.1 Å². The average Bonchev–Trinajstić information content (AvgIpc) is 3.41. The molecule has 5 heteroatoms. The summed E-state index contributed by atoms with van der Waals surface area (Å²) in [5.74, 6) is 0.613. The van der Waals surface area contributed by atoms with Crippen molar-refractivity contribution in [2.24, 2.45) is 44.8 Å². The van der Waals surface area contributed by atoms with Crippen LogP contribution in [0.4, 0.5) is 0 Å². The third kappa shape index (κ3) is 3.64. The van der Waals surface area contributed by atoms with Gasteiger partial charge < -0.3 is 10.1 Å². The highest BCUT2D eigenvalue weighted by Gasteiger charge is 2.69. The summed E-state index contributed by atoms with van der Waals surface area (Å²) in [6, 6.07) is 4.34. The maximum atomic E-state index is 14.6. The van der Waals surface area contributed by atoms with Crippen molar-refractivity contribution in [3.63, 3.8) is 0 Å². The highest BCUT2D eigenvalue weighted by molar-refractivity contribution is 7.09. The molecule has 40 heavy (non-hydrogen) atoms. The SMILES string of the molecule is [C-]#[N+]C1=C[C@]2(C)C3=CC(=O)C4C5CC(C)(C)CC[C@]5(NCc5cccs5)CC[C@@]4(C)[C@]3(C)CC[C@H]2C(C)(C)C1=O. The number of carbonyl (C=O) groups excluding carboxylic acids is 2. The molecule has 5 aliphatic carbocycles. The zero-order chi connectivity index (χ0) is 28.9. The Kier molecular flexibility index (Phi) is 6.14. The summed E-state index contributed by atoms with van der Waals surface area (Å²) in [4.78, 5) is 33.0. The summed E-state index contributed by atoms with van der Waals surface area (Å²) in [6.07, 6.45) is 11.4. The van der Waals surface area contributed by atoms with E-state index in [1.54, 1.807) is 11.3 Å². The summed E-state index contributed by atoms with van der Waals surface area (Å²) in [6.45, 7) is 24.6. The van der Waals surface area contributed by atoms with Crippen LogP contribution in [0, 0.1) is 51.4 Å². The number of Topliss-reactive ketones (excluding diaryl/α,β-unsaturated/α-hetero) is 1. The van der Waals surface area contributed by atoms with E-state index >= 15 is 0 Å². The third-order valence-corrected chi connectivity index (χ3v) is 13.9. The Morgan fingerprint density at radius 3 is 2.42 bits per heavy atom. The van der Waals surface area contributed by atoms with Crippen LogP contribution in [0.5, 0.6) is 0 Å². The number of fused-ring (bicyclic) bond motifs is 7. The fraction of sp³-hybridized carbons (Fsp3) is 0.686. The molecule has 0 bridgehead atoms. The molecule has 0 spiro atoms. The number of carbonyl (C=O) groups is 2. The van der Waals surface area contributed by atoms with Crippen molar-refractivity contribution in [2.45, 2.75) is 105 Å². The molecular formula is C35H46N2O2S. The van der Waals surface area contributed by atoms with Crippen LogP contribution >= 0.6 is 11.3 Å². The maximum Gasteiger partial charge on any atom is 0.226 e. The first-order valence-electron chi connectivity index (χ1n) is 15.3. The van der Waals surface area contributed by atoms with Gasteiger partial charge in [0, 0.05) is 33.7 Å². The maximum absolute atomic E-state index is 14.6. The molecule has 7 atom stereocenters. The van der Waals surface area contributed by atoms with Crippen LogP contribution in [0.2, 0.25) is 0 Å². The van der Waals surface area contributed by atoms with Crippen LogP contribution in [0.3, 0.4) is 0 Å². The van der Waals surface area contributed by atoms with E-state index in [1.807, 2.05) is 26.0 Å². The Hall–Kier alpha value is -2.03. The topological polar surface area (TPSA) is 50.5 Å². The Labute approximate surface area is 244 Å². The molecule has 6 rings (SSSR count). The molecule has 0 aromatic carbocycles. The van der Waals surface area contributed by atoms with Gasteiger partial charge in [-0.1, -0.05) is 66.2 Å². The highest BCUT2D eigenvalue weighted by Crippen LogP contribution is 2.73. The van der Waals surface area contributed by atoms with E-state index in [-0.39, 0.29) is 50.9 Å². The second-order valence-corrected chi connectivity index (χ2v) is 16.8. The zero-order valence-corrected chi connectivity index (χ0v) is 26.3. The summed E-state index contributed by atoms with van der Waals surface area (Å²) >= 11 is 1.81. The standard InChI is InChI=1S/C35H46N2O2S/c1-30(2)13-15-35(37-21-22-10-9-17-40-22)16-14-34(7)28(23(35)19-30)25(38)18-27-32(5)20-24(36-8)29(39)31(3,4)26(32)11-12-33(27,34)6/h9-10,17-18,20,23,26,28,37H,11-16,19,21H2,1-7H3/t23?,26-,28?,32-,33+,34+,35-/m0/s1. The summed E-state index contributed by atoms with van der Waals surface area (Å²) in [5.41, 5.74) is 0.244. The molecule has 3 fully saturated rings. The van der Waals surface area contributed by atoms with Gasteiger partial charge in [-0.05, 0) is 90.5 Å². The Morgan fingerprint density at radius 2 is 1.75 bits per heavy atom. The van der Waals surface area contributed by atoms with Gasteiger partial charge in [-0.2, -0.15) is 0 Å². The number of hydrogen-bond acceptors (Lipinski definition) is 4. The lowest BCUT2D eigenvalue weighted by molar-refractivity contribution is -0.161. The van der Waals surface area contributed by atoms with Crippen LogP contribution in [0.1, 0.15) is 98.3 Å². The smallest absolute Gasteiger partial charge is 0.226 e. The van der Waals surface area contributed by atoms with Gasteiger partial charge in [0.1, 0.15) is 0 Å². The highest BCUT2D eigenvalue weighted by atomic mass is 32.1. The average molecular weight is 559 g/mol. The van der Waals surface area contributed by atoms with Gasteiger partial charge in [-0.25, -0.2) is 4.85 Å². The van der Waals surface area contributed by atoms with E-state index < -0.39 is 10.8 Å². The third-order valence-electron chi connectivity index (χ3n) is 13.0. The van der Waals surface area contributed by atoms with Crippen LogP contribution in [0.25, 0.3) is 4.85 Å². The summed E-state index contributed by atoms with van der Waals surface area (Å²) in [7, 11) is 0. The minimum absolute atomic E-state index is 0.0153. The van der Waals surface area contributed by atoms with Crippen LogP contribution in [0.15, 0.2) is 40.9 Å². The number of allylic oxidation sites excluding steroid dienone is 4. The van der Waals surface area contributed by atoms with Crippen molar-refractivity contribution in [1.82, 2.24) is 5.32 Å². The molecule has 1 aromatic rings. The van der Waals surface area contributed by atoms with E-state index in [0.29, 0.717) is 5.92 Å². The molecule has 0 radical (unpaired) electrons. The molecular weight excluding hydrogens is 512 g/mol. The number of nitrogens with zero attached hydrogens (tertiary/aromatic N) is 1. The number of thiophene rings is 1. The molecule has 0 aliphatic heterocycles. The first-order chi connectivity index (χ1) is 18.6. The van der Waals surface area contributed by atoms with E-state index in [4.69, 9.17) is 6.57 Å². The lowest BCUT2D eigenvalue weighted by Gasteiger charge is -2.69. The second-order valence-electron chi connectivity index (χ2n) is 15.8. The Balaban J connectivity index is 1.47. The van der Waals surface area contributed by atoms with Gasteiger partial charge in [0.15, 0.2) is 11.6 Å². The summed E-state index contributed by atoms with van der Waals surface area (Å²) in [5, 5.41) is 6.22. The van der Waals surface area contributed by atoms with Crippen molar-refractivity contribution < 1.29 is 9.59 Å². The first kappa shape index (κ1) is 28.1. The lowest BCUT2D eigenvalue weighted by Crippen LogP contribution is -2.69. The summed E-state index contributed by atoms with van der Waals surface area (Å²) < 4.78 is 0. The Morgan fingerprint density at radius 1 is 1.02 bits per heavy atom. The van der Waals surface area contributed by atoms with Gasteiger partial charge in [0.05, 0.1) is 6.57 Å².